The lowest BCUT2D eigenvalue weighted by Gasteiger charge is -2.12. The van der Waals surface area contributed by atoms with E-state index < -0.39 is 0 Å². The van der Waals surface area contributed by atoms with Gasteiger partial charge in [0.2, 0.25) is 5.78 Å². The second-order valence-electron chi connectivity index (χ2n) is 7.10. The SMILES string of the molecule is COc1ccc(-n2c(=O)c3ccccc3n3c(SCCOc4ccccc4Cl)nnc23)cc1. The molecular formula is C24H19ClN4O3S. The molecule has 0 N–H and O–H groups in total. The number of thioether (sulfide) groups is 1. The first-order chi connectivity index (χ1) is 16.2. The third-order valence-electron chi connectivity index (χ3n) is 5.13. The largest absolute Gasteiger partial charge is 0.497 e. The highest BCUT2D eigenvalue weighted by molar-refractivity contribution is 7.99. The predicted molar refractivity (Wildman–Crippen MR) is 130 cm³/mol. The van der Waals surface area contributed by atoms with Gasteiger partial charge in [-0.1, -0.05) is 47.6 Å². The van der Waals surface area contributed by atoms with Crippen molar-refractivity contribution in [2.75, 3.05) is 19.5 Å². The summed E-state index contributed by atoms with van der Waals surface area (Å²) < 4.78 is 14.5. The highest BCUT2D eigenvalue weighted by atomic mass is 35.5. The summed E-state index contributed by atoms with van der Waals surface area (Å²) in [6.45, 7) is 0.444. The molecule has 9 heteroatoms. The number of hydrogen-bond acceptors (Lipinski definition) is 6. The van der Waals surface area contributed by atoms with Crippen LogP contribution in [0.25, 0.3) is 22.4 Å². The fourth-order valence-electron chi connectivity index (χ4n) is 3.58. The van der Waals surface area contributed by atoms with Crippen LogP contribution in [0, 0.1) is 0 Å². The van der Waals surface area contributed by atoms with Crippen LogP contribution in [0.5, 0.6) is 11.5 Å². The highest BCUT2D eigenvalue weighted by Gasteiger charge is 2.18. The third-order valence-corrected chi connectivity index (χ3v) is 6.34. The normalized spacial score (nSPS) is 11.2. The lowest BCUT2D eigenvalue weighted by atomic mass is 10.2. The van der Waals surface area contributed by atoms with Gasteiger partial charge in [-0.15, -0.1) is 10.2 Å². The van der Waals surface area contributed by atoms with Crippen LogP contribution < -0.4 is 15.0 Å². The highest BCUT2D eigenvalue weighted by Crippen LogP contribution is 2.26. The minimum absolute atomic E-state index is 0.158. The number of aromatic nitrogens is 4. The molecule has 5 rings (SSSR count). The molecule has 0 aliphatic heterocycles. The average molecular weight is 479 g/mol. The van der Waals surface area contributed by atoms with E-state index in [1.54, 1.807) is 17.7 Å². The summed E-state index contributed by atoms with van der Waals surface area (Å²) in [5.41, 5.74) is 1.28. The van der Waals surface area contributed by atoms with Gasteiger partial charge in [-0.2, -0.15) is 0 Å². The number of halogens is 1. The Morgan fingerprint density at radius 1 is 0.970 bits per heavy atom. The third kappa shape index (κ3) is 4.03. The molecule has 166 valence electrons. The van der Waals surface area contributed by atoms with E-state index in [4.69, 9.17) is 21.1 Å². The molecule has 2 heterocycles. The molecule has 0 atom stereocenters. The molecule has 7 nitrogen and oxygen atoms in total. The van der Waals surface area contributed by atoms with Crippen molar-refractivity contribution in [2.24, 2.45) is 0 Å². The van der Waals surface area contributed by atoms with Gasteiger partial charge in [-0.05, 0) is 48.5 Å². The summed E-state index contributed by atoms with van der Waals surface area (Å²) in [4.78, 5) is 13.4. The Hall–Kier alpha value is -3.49. The molecule has 0 aliphatic carbocycles. The maximum Gasteiger partial charge on any atom is 0.267 e. The molecule has 0 fully saturated rings. The van der Waals surface area contributed by atoms with Crippen LogP contribution in [-0.2, 0) is 0 Å². The molecule has 0 aliphatic rings. The molecule has 3 aromatic carbocycles. The van der Waals surface area contributed by atoms with Crippen molar-refractivity contribution in [1.29, 1.82) is 0 Å². The van der Waals surface area contributed by atoms with Crippen LogP contribution in [0.2, 0.25) is 5.02 Å². The monoisotopic (exact) mass is 478 g/mol. The lowest BCUT2D eigenvalue weighted by molar-refractivity contribution is 0.344. The van der Waals surface area contributed by atoms with Crippen LogP contribution in [0.1, 0.15) is 0 Å². The Labute approximate surface area is 198 Å². The van der Waals surface area contributed by atoms with E-state index in [9.17, 15) is 4.79 Å². The van der Waals surface area contributed by atoms with Gasteiger partial charge in [0.1, 0.15) is 11.5 Å². The summed E-state index contributed by atoms with van der Waals surface area (Å²) in [5.74, 6) is 2.42. The molecule has 0 spiro atoms. The molecule has 33 heavy (non-hydrogen) atoms. The Bertz CT molecular complexity index is 1500. The van der Waals surface area contributed by atoms with E-state index in [1.807, 2.05) is 71.1 Å². The smallest absolute Gasteiger partial charge is 0.267 e. The Morgan fingerprint density at radius 3 is 2.52 bits per heavy atom. The number of ether oxygens (including phenoxy) is 2. The van der Waals surface area contributed by atoms with E-state index in [1.165, 1.54) is 11.8 Å². The first kappa shape index (κ1) is 21.4. The van der Waals surface area contributed by atoms with Crippen molar-refractivity contribution >= 4 is 40.0 Å². The second kappa shape index (κ2) is 9.17. The maximum absolute atomic E-state index is 13.4. The van der Waals surface area contributed by atoms with Gasteiger partial charge in [0, 0.05) is 5.75 Å². The van der Waals surface area contributed by atoms with Crippen molar-refractivity contribution in [2.45, 2.75) is 5.16 Å². The van der Waals surface area contributed by atoms with Gasteiger partial charge >= 0.3 is 0 Å². The predicted octanol–water partition coefficient (Wildman–Crippen LogP) is 4.87. The topological polar surface area (TPSA) is 70.7 Å². The van der Waals surface area contributed by atoms with Gasteiger partial charge in [0.25, 0.3) is 5.56 Å². The minimum Gasteiger partial charge on any atom is -0.497 e. The molecule has 0 unspecified atom stereocenters. The summed E-state index contributed by atoms with van der Waals surface area (Å²) in [7, 11) is 1.60. The van der Waals surface area contributed by atoms with Crippen molar-refractivity contribution in [3.63, 3.8) is 0 Å². The van der Waals surface area contributed by atoms with Gasteiger partial charge < -0.3 is 9.47 Å². The Balaban J connectivity index is 1.52. The van der Waals surface area contributed by atoms with Crippen molar-refractivity contribution in [3.8, 4) is 17.2 Å². The Morgan fingerprint density at radius 2 is 1.73 bits per heavy atom. The summed E-state index contributed by atoms with van der Waals surface area (Å²) >= 11 is 7.66. The van der Waals surface area contributed by atoms with Gasteiger partial charge in [0.05, 0.1) is 35.3 Å². The van der Waals surface area contributed by atoms with Gasteiger partial charge in [0.15, 0.2) is 5.16 Å². The van der Waals surface area contributed by atoms with Crippen LogP contribution in [0.3, 0.4) is 0 Å². The Kier molecular flexibility index (Phi) is 5.93. The zero-order valence-electron chi connectivity index (χ0n) is 17.6. The molecule has 0 saturated carbocycles. The van der Waals surface area contributed by atoms with Crippen LogP contribution >= 0.6 is 23.4 Å². The molecule has 2 aromatic heterocycles. The number of hydrogen-bond donors (Lipinski definition) is 0. The number of methoxy groups -OCH3 is 1. The number of fused-ring (bicyclic) bond motifs is 3. The standard InChI is InChI=1S/C24H19ClN4O3S/c1-31-17-12-10-16(11-13-17)28-22(30)18-6-2-4-8-20(18)29-23(28)26-27-24(29)33-15-14-32-21-9-5-3-7-19(21)25/h2-13H,14-15H2,1H3. The quantitative estimate of drug-likeness (QED) is 0.245. The maximum atomic E-state index is 13.4. The first-order valence-corrected chi connectivity index (χ1v) is 11.6. The molecule has 0 saturated heterocycles. The van der Waals surface area contributed by atoms with Crippen molar-refractivity contribution in [1.82, 2.24) is 19.2 Å². The molecule has 0 amide bonds. The number of rotatable bonds is 7. The zero-order chi connectivity index (χ0) is 22.8. The zero-order valence-corrected chi connectivity index (χ0v) is 19.2. The van der Waals surface area contributed by atoms with E-state index in [0.29, 0.717) is 50.9 Å². The van der Waals surface area contributed by atoms with E-state index >= 15 is 0 Å². The van der Waals surface area contributed by atoms with Gasteiger partial charge in [-0.25, -0.2) is 4.57 Å². The lowest BCUT2D eigenvalue weighted by Crippen LogP contribution is -2.21. The minimum atomic E-state index is -0.158. The van der Waals surface area contributed by atoms with E-state index in [0.717, 1.165) is 5.52 Å². The summed E-state index contributed by atoms with van der Waals surface area (Å²) in [6, 6.07) is 22.1. The number of benzene rings is 3. The fourth-order valence-corrected chi connectivity index (χ4v) is 4.53. The average Bonchev–Trinajstić information content (AvgIpc) is 3.27. The van der Waals surface area contributed by atoms with Crippen LogP contribution in [0.15, 0.2) is 82.7 Å². The molecule has 0 radical (unpaired) electrons. The molecule has 5 aromatic rings. The summed E-state index contributed by atoms with van der Waals surface area (Å²) in [6.07, 6.45) is 0. The summed E-state index contributed by atoms with van der Waals surface area (Å²) in [5, 5.41) is 10.6. The first-order valence-electron chi connectivity index (χ1n) is 10.2. The molecular weight excluding hydrogens is 460 g/mol. The van der Waals surface area contributed by atoms with Crippen molar-refractivity contribution < 1.29 is 9.47 Å². The van der Waals surface area contributed by atoms with Crippen LogP contribution in [0.4, 0.5) is 0 Å². The fraction of sp³-hybridized carbons (Fsp3) is 0.125. The number of para-hydroxylation sites is 2. The second-order valence-corrected chi connectivity index (χ2v) is 8.57. The van der Waals surface area contributed by atoms with E-state index in [-0.39, 0.29) is 5.56 Å². The van der Waals surface area contributed by atoms with Crippen molar-refractivity contribution in [3.05, 3.63) is 88.2 Å². The number of nitrogens with zero attached hydrogens (tertiary/aromatic N) is 4. The molecule has 0 bridgehead atoms. The van der Waals surface area contributed by atoms with Crippen LogP contribution in [-0.4, -0.2) is 38.6 Å². The van der Waals surface area contributed by atoms with Gasteiger partial charge in [-0.3, -0.25) is 9.20 Å². The van der Waals surface area contributed by atoms with E-state index in [2.05, 4.69) is 10.2 Å².